The van der Waals surface area contributed by atoms with E-state index < -0.39 is 12.5 Å². The highest BCUT2D eigenvalue weighted by atomic mass is 35.5. The van der Waals surface area contributed by atoms with Gasteiger partial charge in [-0.3, -0.25) is 4.90 Å². The third-order valence-corrected chi connectivity index (χ3v) is 3.48. The minimum Gasteiger partial charge on any atom is -0.443 e. The Labute approximate surface area is 99.6 Å². The molecule has 2 rings (SSSR count). The predicted octanol–water partition coefficient (Wildman–Crippen LogP) is 3.25. The molecular weight excluding hydrogens is 260 g/mol. The molecule has 1 atom stereocenters. The Morgan fingerprint density at radius 3 is 2.94 bits per heavy atom. The van der Waals surface area contributed by atoms with Crippen molar-refractivity contribution < 1.29 is 18.3 Å². The zero-order valence-electron chi connectivity index (χ0n) is 8.03. The highest BCUT2D eigenvalue weighted by Gasteiger charge is 2.32. The fourth-order valence-electron chi connectivity index (χ4n) is 1.38. The number of halogens is 3. The van der Waals surface area contributed by atoms with E-state index in [0.717, 1.165) is 11.3 Å². The summed E-state index contributed by atoms with van der Waals surface area (Å²) in [6, 6.07) is 1.30. The number of alkyl halides is 3. The van der Waals surface area contributed by atoms with Crippen LogP contribution in [-0.2, 0) is 4.74 Å². The largest absolute Gasteiger partial charge is 0.443 e. The summed E-state index contributed by atoms with van der Waals surface area (Å²) < 4.78 is 29.6. The summed E-state index contributed by atoms with van der Waals surface area (Å²) in [5, 5.41) is 1.80. The number of amides is 1. The summed E-state index contributed by atoms with van der Waals surface area (Å²) in [6.45, 7) is 0.311. The van der Waals surface area contributed by atoms with Gasteiger partial charge in [-0.25, -0.2) is 13.6 Å². The first-order valence-electron chi connectivity index (χ1n) is 4.52. The summed E-state index contributed by atoms with van der Waals surface area (Å²) in [5.74, 6) is 0.204. The smallest absolute Gasteiger partial charge is 0.415 e. The lowest BCUT2D eigenvalue weighted by Gasteiger charge is -2.08. The zero-order valence-corrected chi connectivity index (χ0v) is 9.60. The maximum absolute atomic E-state index is 12.4. The molecule has 3 nitrogen and oxygen atoms in total. The van der Waals surface area contributed by atoms with E-state index in [1.165, 1.54) is 16.3 Å². The number of cyclic esters (lactones) is 1. The van der Waals surface area contributed by atoms with Crippen LogP contribution < -0.4 is 4.90 Å². The first kappa shape index (κ1) is 11.6. The quantitative estimate of drug-likeness (QED) is 0.787. The van der Waals surface area contributed by atoms with Crippen LogP contribution in [0.15, 0.2) is 11.4 Å². The van der Waals surface area contributed by atoms with Crippen molar-refractivity contribution in [3.63, 3.8) is 0 Å². The van der Waals surface area contributed by atoms with Crippen LogP contribution in [0.5, 0.6) is 0 Å². The monoisotopic (exact) mass is 267 g/mol. The van der Waals surface area contributed by atoms with Gasteiger partial charge >= 0.3 is 6.09 Å². The van der Waals surface area contributed by atoms with Crippen molar-refractivity contribution in [2.24, 2.45) is 0 Å². The van der Waals surface area contributed by atoms with Gasteiger partial charge in [0.25, 0.3) is 6.43 Å². The van der Waals surface area contributed by atoms with E-state index in [0.29, 0.717) is 11.5 Å². The van der Waals surface area contributed by atoms with Gasteiger partial charge in [0, 0.05) is 10.9 Å². The standard InChI is InChI=1S/C9H8ClF2NO2S/c10-2-6-3-13(9(14)15-6)7-1-5(4-16-7)8(11)12/h1,4,6,8H,2-3H2. The van der Waals surface area contributed by atoms with Crippen molar-refractivity contribution in [1.29, 1.82) is 0 Å². The van der Waals surface area contributed by atoms with Crippen molar-refractivity contribution in [3.05, 3.63) is 17.0 Å². The number of rotatable bonds is 3. The number of ether oxygens (including phenoxy) is 1. The second-order valence-corrected chi connectivity index (χ2v) is 4.49. The average Bonchev–Trinajstić information content (AvgIpc) is 2.83. The Hall–Kier alpha value is -0.880. The lowest BCUT2D eigenvalue weighted by atomic mass is 10.3. The molecule has 1 aromatic rings. The normalized spacial score (nSPS) is 20.6. The van der Waals surface area contributed by atoms with Gasteiger partial charge in [0.1, 0.15) is 11.1 Å². The van der Waals surface area contributed by atoms with Crippen molar-refractivity contribution in [2.75, 3.05) is 17.3 Å². The van der Waals surface area contributed by atoms with Gasteiger partial charge in [-0.15, -0.1) is 22.9 Å². The molecule has 1 unspecified atom stereocenters. The van der Waals surface area contributed by atoms with E-state index in [-0.39, 0.29) is 17.5 Å². The van der Waals surface area contributed by atoms with E-state index in [2.05, 4.69) is 0 Å². The average molecular weight is 268 g/mol. The topological polar surface area (TPSA) is 29.5 Å². The van der Waals surface area contributed by atoms with Crippen LogP contribution in [0.1, 0.15) is 12.0 Å². The van der Waals surface area contributed by atoms with Crippen molar-refractivity contribution in [3.8, 4) is 0 Å². The van der Waals surface area contributed by atoms with Gasteiger partial charge in [0.2, 0.25) is 0 Å². The highest BCUT2D eigenvalue weighted by Crippen LogP contribution is 2.33. The molecule has 88 valence electrons. The Bertz CT molecular complexity index is 399. The molecule has 0 aliphatic carbocycles. The fourth-order valence-corrected chi connectivity index (χ4v) is 2.45. The molecule has 1 amide bonds. The van der Waals surface area contributed by atoms with E-state index in [1.807, 2.05) is 0 Å². The van der Waals surface area contributed by atoms with Crippen molar-refractivity contribution in [2.45, 2.75) is 12.5 Å². The van der Waals surface area contributed by atoms with Gasteiger partial charge in [-0.05, 0) is 6.07 Å². The number of carbonyl (C=O) groups is 1. The second kappa shape index (κ2) is 4.55. The molecule has 0 saturated carbocycles. The third-order valence-electron chi connectivity index (χ3n) is 2.17. The predicted molar refractivity (Wildman–Crippen MR) is 57.6 cm³/mol. The van der Waals surface area contributed by atoms with E-state index in [9.17, 15) is 13.6 Å². The molecule has 7 heteroatoms. The van der Waals surface area contributed by atoms with Gasteiger partial charge in [-0.1, -0.05) is 0 Å². The molecule has 16 heavy (non-hydrogen) atoms. The maximum Gasteiger partial charge on any atom is 0.415 e. The molecule has 1 aromatic heterocycles. The molecule has 1 saturated heterocycles. The number of hydrogen-bond acceptors (Lipinski definition) is 3. The number of hydrogen-bond donors (Lipinski definition) is 0. The van der Waals surface area contributed by atoms with Gasteiger partial charge in [0.15, 0.2) is 0 Å². The van der Waals surface area contributed by atoms with Crippen LogP contribution in [0.3, 0.4) is 0 Å². The minimum absolute atomic E-state index is 0.0814. The van der Waals surface area contributed by atoms with Crippen molar-refractivity contribution >= 4 is 34.0 Å². The summed E-state index contributed by atoms with van der Waals surface area (Å²) >= 11 is 6.65. The molecule has 1 aliphatic rings. The zero-order chi connectivity index (χ0) is 11.7. The lowest BCUT2D eigenvalue weighted by molar-refractivity contribution is 0.150. The minimum atomic E-state index is -2.52. The second-order valence-electron chi connectivity index (χ2n) is 3.29. The highest BCUT2D eigenvalue weighted by molar-refractivity contribution is 7.14. The number of anilines is 1. The fraction of sp³-hybridized carbons (Fsp3) is 0.444. The molecule has 0 bridgehead atoms. The molecule has 1 fully saturated rings. The molecule has 0 spiro atoms. The number of nitrogens with zero attached hydrogens (tertiary/aromatic N) is 1. The molecule has 0 aromatic carbocycles. The molecule has 1 aliphatic heterocycles. The molecule has 0 N–H and O–H groups in total. The van der Waals surface area contributed by atoms with Crippen LogP contribution >= 0.6 is 22.9 Å². The molecular formula is C9H8ClF2NO2S. The third kappa shape index (κ3) is 2.12. The molecule has 2 heterocycles. The Morgan fingerprint density at radius 1 is 1.69 bits per heavy atom. The van der Waals surface area contributed by atoms with Crippen LogP contribution in [0.2, 0.25) is 0 Å². The Balaban J connectivity index is 2.15. The number of carbonyl (C=O) groups excluding carboxylic acids is 1. The number of thiophene rings is 1. The summed E-state index contributed by atoms with van der Waals surface area (Å²) in [5.41, 5.74) is -0.0814. The van der Waals surface area contributed by atoms with Crippen LogP contribution in [0.4, 0.5) is 18.6 Å². The van der Waals surface area contributed by atoms with Gasteiger partial charge in [0.05, 0.1) is 12.4 Å². The van der Waals surface area contributed by atoms with Crippen LogP contribution in [0, 0.1) is 0 Å². The molecule has 0 radical (unpaired) electrons. The van der Waals surface area contributed by atoms with Gasteiger partial charge < -0.3 is 4.74 Å². The van der Waals surface area contributed by atoms with E-state index in [1.54, 1.807) is 0 Å². The Kier molecular flexibility index (Phi) is 3.30. The van der Waals surface area contributed by atoms with E-state index >= 15 is 0 Å². The van der Waals surface area contributed by atoms with Gasteiger partial charge in [-0.2, -0.15) is 0 Å². The first-order chi connectivity index (χ1) is 7.61. The Morgan fingerprint density at radius 2 is 2.44 bits per heavy atom. The summed E-state index contributed by atoms with van der Waals surface area (Å²) in [7, 11) is 0. The van der Waals surface area contributed by atoms with Crippen LogP contribution in [-0.4, -0.2) is 24.6 Å². The SMILES string of the molecule is O=C1OC(CCl)CN1c1cc(C(F)F)cs1. The summed E-state index contributed by atoms with van der Waals surface area (Å²) in [6.07, 6.45) is -3.42. The first-order valence-corrected chi connectivity index (χ1v) is 5.94. The maximum atomic E-state index is 12.4. The van der Waals surface area contributed by atoms with E-state index in [4.69, 9.17) is 16.3 Å². The van der Waals surface area contributed by atoms with Crippen molar-refractivity contribution in [1.82, 2.24) is 0 Å². The lowest BCUT2D eigenvalue weighted by Crippen LogP contribution is -2.23. The van der Waals surface area contributed by atoms with Crippen LogP contribution in [0.25, 0.3) is 0 Å². The summed E-state index contributed by atoms with van der Waals surface area (Å²) in [4.78, 5) is 12.7.